The Bertz CT molecular complexity index is 812. The second kappa shape index (κ2) is 9.22. The first-order valence-corrected chi connectivity index (χ1v) is 8.29. The van der Waals surface area contributed by atoms with Gasteiger partial charge in [-0.05, 0) is 11.1 Å². The van der Waals surface area contributed by atoms with Crippen molar-refractivity contribution in [3.8, 4) is 0 Å². The quantitative estimate of drug-likeness (QED) is 0.338. The summed E-state index contributed by atoms with van der Waals surface area (Å²) in [5, 5.41) is 11.5. The molecule has 1 heterocycles. The Morgan fingerprint density at radius 1 is 0.778 bits per heavy atom. The summed E-state index contributed by atoms with van der Waals surface area (Å²) >= 11 is 0. The number of rotatable bonds is 9. The molecule has 0 radical (unpaired) electrons. The van der Waals surface area contributed by atoms with E-state index in [-0.39, 0.29) is 17.3 Å². The summed E-state index contributed by atoms with van der Waals surface area (Å²) < 4.78 is 0. The maximum absolute atomic E-state index is 11.5. The van der Waals surface area contributed by atoms with Crippen LogP contribution in [-0.4, -0.2) is 14.9 Å². The lowest BCUT2D eigenvalue weighted by Crippen LogP contribution is -2.25. The summed E-state index contributed by atoms with van der Waals surface area (Å²) in [5.41, 5.74) is 13.2. The third kappa shape index (κ3) is 5.21. The third-order valence-corrected chi connectivity index (χ3v) is 3.69. The molecule has 0 atom stereocenters. The van der Waals surface area contributed by atoms with Crippen LogP contribution in [0, 0.1) is 10.1 Å². The molecule has 4 N–H and O–H groups in total. The van der Waals surface area contributed by atoms with E-state index in [1.165, 1.54) is 6.33 Å². The van der Waals surface area contributed by atoms with E-state index in [9.17, 15) is 10.1 Å². The SMILES string of the molecule is O=[N+]([O-])c1c(NNCc2ccccc2)ncnc1NNCc1ccccc1. The molecule has 0 bridgehead atoms. The standard InChI is InChI=1S/C18H19N7O2/c26-25(27)16-17(23-21-11-14-7-3-1-4-8-14)19-13-20-18(16)24-22-12-15-9-5-2-6-10-15/h1-10,13,21-22H,11-12H2,(H2,19,20,23,24). The molecule has 27 heavy (non-hydrogen) atoms. The Morgan fingerprint density at radius 2 is 1.22 bits per heavy atom. The average molecular weight is 365 g/mol. The fourth-order valence-electron chi connectivity index (χ4n) is 2.39. The van der Waals surface area contributed by atoms with Crippen LogP contribution in [0.5, 0.6) is 0 Å². The molecule has 0 unspecified atom stereocenters. The van der Waals surface area contributed by atoms with Crippen molar-refractivity contribution in [3.05, 3.63) is 88.2 Å². The van der Waals surface area contributed by atoms with E-state index >= 15 is 0 Å². The number of nitrogens with zero attached hydrogens (tertiary/aromatic N) is 3. The van der Waals surface area contributed by atoms with E-state index in [4.69, 9.17) is 0 Å². The molecule has 9 nitrogen and oxygen atoms in total. The van der Waals surface area contributed by atoms with E-state index in [2.05, 4.69) is 31.7 Å². The van der Waals surface area contributed by atoms with Crippen molar-refractivity contribution in [2.45, 2.75) is 13.1 Å². The van der Waals surface area contributed by atoms with Crippen LogP contribution in [-0.2, 0) is 13.1 Å². The van der Waals surface area contributed by atoms with Gasteiger partial charge in [-0.1, -0.05) is 60.7 Å². The molecule has 0 aliphatic rings. The van der Waals surface area contributed by atoms with Gasteiger partial charge in [0.05, 0.1) is 4.92 Å². The summed E-state index contributed by atoms with van der Waals surface area (Å²) in [6.45, 7) is 0.966. The summed E-state index contributed by atoms with van der Waals surface area (Å²) in [6, 6.07) is 19.3. The largest absolute Gasteiger partial charge is 0.355 e. The molecule has 0 saturated heterocycles. The molecule has 3 rings (SSSR count). The number of aromatic nitrogens is 2. The van der Waals surface area contributed by atoms with Gasteiger partial charge >= 0.3 is 5.69 Å². The van der Waals surface area contributed by atoms with Crippen molar-refractivity contribution in [2.24, 2.45) is 0 Å². The molecule has 0 fully saturated rings. The van der Waals surface area contributed by atoms with Crippen molar-refractivity contribution in [1.82, 2.24) is 20.8 Å². The van der Waals surface area contributed by atoms with Gasteiger partial charge in [-0.25, -0.2) is 20.8 Å². The van der Waals surface area contributed by atoms with Crippen molar-refractivity contribution < 1.29 is 4.92 Å². The minimum Gasteiger partial charge on any atom is -0.299 e. The Labute approximate surface area is 156 Å². The van der Waals surface area contributed by atoms with Crippen LogP contribution in [0.2, 0.25) is 0 Å². The smallest absolute Gasteiger partial charge is 0.299 e. The zero-order chi connectivity index (χ0) is 18.9. The van der Waals surface area contributed by atoms with Crippen LogP contribution in [0.3, 0.4) is 0 Å². The second-order valence-corrected chi connectivity index (χ2v) is 5.60. The number of hydrazine groups is 2. The number of nitro groups is 1. The number of anilines is 2. The van der Waals surface area contributed by atoms with E-state index in [1.54, 1.807) is 0 Å². The van der Waals surface area contributed by atoms with Crippen molar-refractivity contribution in [1.29, 1.82) is 0 Å². The van der Waals surface area contributed by atoms with Crippen molar-refractivity contribution in [3.63, 3.8) is 0 Å². The number of hydrogen-bond donors (Lipinski definition) is 4. The molecule has 3 aromatic rings. The molecule has 0 amide bonds. The van der Waals surface area contributed by atoms with Crippen LogP contribution in [0.15, 0.2) is 67.0 Å². The summed E-state index contributed by atoms with van der Waals surface area (Å²) in [7, 11) is 0. The molecule has 0 aliphatic heterocycles. The maximum atomic E-state index is 11.5. The molecule has 138 valence electrons. The lowest BCUT2D eigenvalue weighted by Gasteiger charge is -2.11. The van der Waals surface area contributed by atoms with Crippen LogP contribution in [0.25, 0.3) is 0 Å². The van der Waals surface area contributed by atoms with Crippen LogP contribution >= 0.6 is 0 Å². The zero-order valence-electron chi connectivity index (χ0n) is 14.4. The zero-order valence-corrected chi connectivity index (χ0v) is 14.4. The predicted molar refractivity (Wildman–Crippen MR) is 102 cm³/mol. The van der Waals surface area contributed by atoms with Gasteiger partial charge in [-0.3, -0.25) is 21.0 Å². The lowest BCUT2D eigenvalue weighted by molar-refractivity contribution is -0.383. The Morgan fingerprint density at radius 3 is 1.63 bits per heavy atom. The molecular weight excluding hydrogens is 346 g/mol. The topological polar surface area (TPSA) is 117 Å². The van der Waals surface area contributed by atoms with Crippen LogP contribution in [0.1, 0.15) is 11.1 Å². The first kappa shape index (κ1) is 18.2. The first-order valence-electron chi connectivity index (χ1n) is 8.29. The molecule has 0 aliphatic carbocycles. The van der Waals surface area contributed by atoms with Gasteiger partial charge in [0.1, 0.15) is 6.33 Å². The van der Waals surface area contributed by atoms with E-state index in [0.29, 0.717) is 13.1 Å². The van der Waals surface area contributed by atoms with Gasteiger partial charge in [0.2, 0.25) is 11.6 Å². The normalized spacial score (nSPS) is 10.4. The first-order chi connectivity index (χ1) is 13.2. The number of benzene rings is 2. The highest BCUT2D eigenvalue weighted by atomic mass is 16.6. The number of nitrogens with one attached hydrogen (secondary N) is 4. The van der Waals surface area contributed by atoms with Gasteiger partial charge in [0, 0.05) is 13.1 Å². The highest BCUT2D eigenvalue weighted by Crippen LogP contribution is 2.27. The molecule has 2 aromatic carbocycles. The fourth-order valence-corrected chi connectivity index (χ4v) is 2.39. The molecule has 0 spiro atoms. The minimum atomic E-state index is -0.529. The van der Waals surface area contributed by atoms with Gasteiger partial charge in [-0.2, -0.15) is 0 Å². The van der Waals surface area contributed by atoms with Crippen LogP contribution < -0.4 is 21.7 Å². The monoisotopic (exact) mass is 365 g/mol. The fraction of sp³-hybridized carbons (Fsp3) is 0.111. The Hall–Kier alpha value is -3.56. The summed E-state index contributed by atoms with van der Waals surface area (Å²) in [6.07, 6.45) is 1.26. The lowest BCUT2D eigenvalue weighted by atomic mass is 10.2. The number of hydrogen-bond acceptors (Lipinski definition) is 8. The second-order valence-electron chi connectivity index (χ2n) is 5.60. The average Bonchev–Trinajstić information content (AvgIpc) is 2.69. The van der Waals surface area contributed by atoms with E-state index < -0.39 is 4.92 Å². The van der Waals surface area contributed by atoms with Crippen molar-refractivity contribution >= 4 is 17.3 Å². The molecule has 9 heteroatoms. The predicted octanol–water partition coefficient (Wildman–Crippen LogP) is 2.62. The van der Waals surface area contributed by atoms with Gasteiger partial charge in [-0.15, -0.1) is 0 Å². The Kier molecular flexibility index (Phi) is 6.23. The highest BCUT2D eigenvalue weighted by Gasteiger charge is 2.22. The van der Waals surface area contributed by atoms with E-state index in [0.717, 1.165) is 11.1 Å². The molecule has 1 aromatic heterocycles. The van der Waals surface area contributed by atoms with Crippen molar-refractivity contribution in [2.75, 3.05) is 10.9 Å². The summed E-state index contributed by atoms with van der Waals surface area (Å²) in [5.74, 6) is 0.157. The van der Waals surface area contributed by atoms with Gasteiger partial charge in [0.25, 0.3) is 0 Å². The maximum Gasteiger partial charge on any atom is 0.355 e. The van der Waals surface area contributed by atoms with Crippen LogP contribution in [0.4, 0.5) is 17.3 Å². The van der Waals surface area contributed by atoms with E-state index in [1.807, 2.05) is 60.7 Å². The summed E-state index contributed by atoms with van der Waals surface area (Å²) in [4.78, 5) is 18.9. The minimum absolute atomic E-state index is 0.0787. The molecular formula is C18H19N7O2. The van der Waals surface area contributed by atoms with Gasteiger partial charge < -0.3 is 0 Å². The molecule has 0 saturated carbocycles. The highest BCUT2D eigenvalue weighted by molar-refractivity contribution is 5.68. The van der Waals surface area contributed by atoms with Gasteiger partial charge in [0.15, 0.2) is 0 Å². The Balaban J connectivity index is 1.64. The third-order valence-electron chi connectivity index (χ3n) is 3.69.